The van der Waals surface area contributed by atoms with Gasteiger partial charge in [0.2, 0.25) is 5.91 Å². The van der Waals surface area contributed by atoms with Gasteiger partial charge in [-0.05, 0) is 38.3 Å². The molecule has 0 radical (unpaired) electrons. The minimum atomic E-state index is -0.662. The van der Waals surface area contributed by atoms with Crippen molar-refractivity contribution in [2.75, 3.05) is 11.4 Å². The highest BCUT2D eigenvalue weighted by atomic mass is 16.5. The summed E-state index contributed by atoms with van der Waals surface area (Å²) >= 11 is 0. The zero-order valence-corrected chi connectivity index (χ0v) is 14.1. The van der Waals surface area contributed by atoms with Gasteiger partial charge in [0.1, 0.15) is 17.8 Å². The van der Waals surface area contributed by atoms with E-state index in [1.165, 1.54) is 10.9 Å². The number of nitrogens with zero attached hydrogens (tertiary/aromatic N) is 4. The zero-order valence-electron chi connectivity index (χ0n) is 14.1. The first kappa shape index (κ1) is 15.6. The van der Waals surface area contributed by atoms with E-state index in [1.54, 1.807) is 18.7 Å². The molecule has 0 saturated carbocycles. The Morgan fingerprint density at radius 3 is 2.96 bits per heavy atom. The number of amides is 1. The summed E-state index contributed by atoms with van der Waals surface area (Å²) < 4.78 is 6.37. The molecule has 0 bridgehead atoms. The Bertz CT molecular complexity index is 1020. The SMILES string of the molecule is Cc1noc2ncn([C@H](C)C(=O)N3CCCc4ccccc43)c(=O)c12. The second kappa shape index (κ2) is 5.84. The van der Waals surface area contributed by atoms with Crippen LogP contribution in [0, 0.1) is 6.92 Å². The predicted molar refractivity (Wildman–Crippen MR) is 92.6 cm³/mol. The lowest BCUT2D eigenvalue weighted by Crippen LogP contribution is -2.42. The first-order valence-electron chi connectivity index (χ1n) is 8.30. The maximum Gasteiger partial charge on any atom is 0.267 e. The molecule has 3 heterocycles. The van der Waals surface area contributed by atoms with Crippen LogP contribution in [0.1, 0.15) is 30.6 Å². The lowest BCUT2D eigenvalue weighted by molar-refractivity contribution is -0.121. The number of hydrogen-bond donors (Lipinski definition) is 0. The van der Waals surface area contributed by atoms with Gasteiger partial charge in [-0.1, -0.05) is 23.4 Å². The Balaban J connectivity index is 1.74. The number of carbonyl (C=O) groups excluding carboxylic acids is 1. The minimum Gasteiger partial charge on any atom is -0.335 e. The van der Waals surface area contributed by atoms with Gasteiger partial charge in [0.05, 0.1) is 5.69 Å². The summed E-state index contributed by atoms with van der Waals surface area (Å²) in [5.74, 6) is -0.121. The number of hydrogen-bond acceptors (Lipinski definition) is 5. The van der Waals surface area contributed by atoms with E-state index in [9.17, 15) is 9.59 Å². The molecule has 25 heavy (non-hydrogen) atoms. The number of aromatic nitrogens is 3. The average Bonchev–Trinajstić information content (AvgIpc) is 3.02. The molecule has 7 nitrogen and oxygen atoms in total. The van der Waals surface area contributed by atoms with Crippen molar-refractivity contribution < 1.29 is 9.32 Å². The molecule has 0 unspecified atom stereocenters. The molecule has 0 N–H and O–H groups in total. The number of para-hydroxylation sites is 1. The van der Waals surface area contributed by atoms with E-state index in [4.69, 9.17) is 4.52 Å². The summed E-state index contributed by atoms with van der Waals surface area (Å²) in [5, 5.41) is 4.10. The summed E-state index contributed by atoms with van der Waals surface area (Å²) in [5.41, 5.74) is 2.44. The van der Waals surface area contributed by atoms with Crippen molar-refractivity contribution in [1.29, 1.82) is 0 Å². The van der Waals surface area contributed by atoms with Gasteiger partial charge in [-0.15, -0.1) is 0 Å². The first-order chi connectivity index (χ1) is 12.1. The normalized spacial score (nSPS) is 15.2. The Morgan fingerprint density at radius 2 is 2.12 bits per heavy atom. The molecule has 0 fully saturated rings. The molecule has 1 aliphatic heterocycles. The maximum absolute atomic E-state index is 13.1. The first-order valence-corrected chi connectivity index (χ1v) is 8.30. The fourth-order valence-electron chi connectivity index (χ4n) is 3.37. The maximum atomic E-state index is 13.1. The Labute approximate surface area is 143 Å². The molecular weight excluding hydrogens is 320 g/mol. The van der Waals surface area contributed by atoms with Crippen LogP contribution in [0.5, 0.6) is 0 Å². The van der Waals surface area contributed by atoms with E-state index in [1.807, 2.05) is 24.3 Å². The van der Waals surface area contributed by atoms with Gasteiger partial charge in [0.15, 0.2) is 0 Å². The Kier molecular flexibility index (Phi) is 3.63. The van der Waals surface area contributed by atoms with E-state index in [-0.39, 0.29) is 17.2 Å². The highest BCUT2D eigenvalue weighted by Gasteiger charge is 2.28. The number of fused-ring (bicyclic) bond motifs is 2. The summed E-state index contributed by atoms with van der Waals surface area (Å²) in [6, 6.07) is 7.24. The van der Waals surface area contributed by atoms with Crippen molar-refractivity contribution in [3.63, 3.8) is 0 Å². The van der Waals surface area contributed by atoms with E-state index in [0.29, 0.717) is 17.6 Å². The molecule has 4 rings (SSSR count). The number of carbonyl (C=O) groups is 1. The molecule has 1 aliphatic rings. The van der Waals surface area contributed by atoms with Crippen LogP contribution in [0.25, 0.3) is 11.1 Å². The van der Waals surface area contributed by atoms with E-state index < -0.39 is 6.04 Å². The van der Waals surface area contributed by atoms with Crippen LogP contribution in [0.4, 0.5) is 5.69 Å². The minimum absolute atomic E-state index is 0.121. The Hall–Kier alpha value is -2.96. The summed E-state index contributed by atoms with van der Waals surface area (Å²) in [6.45, 7) is 4.06. The van der Waals surface area contributed by atoms with Crippen LogP contribution in [-0.4, -0.2) is 27.2 Å². The molecule has 7 heteroatoms. The van der Waals surface area contributed by atoms with Gasteiger partial charge in [0.25, 0.3) is 11.3 Å². The molecule has 128 valence electrons. The number of benzene rings is 1. The van der Waals surface area contributed by atoms with Crippen LogP contribution in [-0.2, 0) is 11.2 Å². The van der Waals surface area contributed by atoms with Gasteiger partial charge < -0.3 is 9.42 Å². The molecule has 2 aromatic heterocycles. The van der Waals surface area contributed by atoms with Crippen LogP contribution in [0.2, 0.25) is 0 Å². The largest absolute Gasteiger partial charge is 0.335 e. The van der Waals surface area contributed by atoms with E-state index in [0.717, 1.165) is 24.1 Å². The second-order valence-corrected chi connectivity index (χ2v) is 6.30. The second-order valence-electron chi connectivity index (χ2n) is 6.30. The fraction of sp³-hybridized carbons (Fsp3) is 0.333. The van der Waals surface area contributed by atoms with Gasteiger partial charge in [-0.2, -0.15) is 0 Å². The molecule has 1 amide bonds. The smallest absolute Gasteiger partial charge is 0.267 e. The van der Waals surface area contributed by atoms with Crippen molar-refractivity contribution in [2.24, 2.45) is 0 Å². The number of rotatable bonds is 2. The average molecular weight is 338 g/mol. The van der Waals surface area contributed by atoms with E-state index >= 15 is 0 Å². The van der Waals surface area contributed by atoms with Gasteiger partial charge in [-0.25, -0.2) is 4.98 Å². The standard InChI is InChI=1S/C18H18N4O3/c1-11-15-16(25-20-11)19-10-22(18(15)24)12(2)17(23)21-9-5-7-13-6-3-4-8-14(13)21/h3-4,6,8,10,12H,5,7,9H2,1-2H3/t12-/m1/s1. The quantitative estimate of drug-likeness (QED) is 0.716. The van der Waals surface area contributed by atoms with Gasteiger partial charge in [0, 0.05) is 12.2 Å². The number of anilines is 1. The number of aryl methyl sites for hydroxylation is 2. The molecular formula is C18H18N4O3. The lowest BCUT2D eigenvalue weighted by Gasteiger charge is -2.31. The highest BCUT2D eigenvalue weighted by Crippen LogP contribution is 2.28. The van der Waals surface area contributed by atoms with Crippen LogP contribution in [0.15, 0.2) is 39.9 Å². The van der Waals surface area contributed by atoms with Crippen molar-refractivity contribution in [1.82, 2.24) is 14.7 Å². The molecule has 3 aromatic rings. The predicted octanol–water partition coefficient (Wildman–Crippen LogP) is 2.23. The summed E-state index contributed by atoms with van der Waals surface area (Å²) in [4.78, 5) is 31.7. The van der Waals surface area contributed by atoms with Gasteiger partial charge >= 0.3 is 0 Å². The third-order valence-electron chi connectivity index (χ3n) is 4.74. The van der Waals surface area contributed by atoms with Crippen molar-refractivity contribution in [3.05, 3.63) is 52.2 Å². The molecule has 1 aromatic carbocycles. The monoisotopic (exact) mass is 338 g/mol. The third-order valence-corrected chi connectivity index (χ3v) is 4.74. The van der Waals surface area contributed by atoms with Crippen LogP contribution in [0.3, 0.4) is 0 Å². The molecule has 0 aliphatic carbocycles. The van der Waals surface area contributed by atoms with Gasteiger partial charge in [-0.3, -0.25) is 14.2 Å². The molecule has 1 atom stereocenters. The molecule has 0 spiro atoms. The Morgan fingerprint density at radius 1 is 1.32 bits per heavy atom. The summed E-state index contributed by atoms with van der Waals surface area (Å²) in [7, 11) is 0. The topological polar surface area (TPSA) is 81.2 Å². The van der Waals surface area contributed by atoms with Crippen LogP contribution < -0.4 is 10.5 Å². The fourth-order valence-corrected chi connectivity index (χ4v) is 3.37. The van der Waals surface area contributed by atoms with Crippen molar-refractivity contribution in [3.8, 4) is 0 Å². The van der Waals surface area contributed by atoms with E-state index in [2.05, 4.69) is 10.1 Å². The van der Waals surface area contributed by atoms with Crippen molar-refractivity contribution in [2.45, 2.75) is 32.7 Å². The summed E-state index contributed by atoms with van der Waals surface area (Å²) in [6.07, 6.45) is 3.22. The van der Waals surface area contributed by atoms with Crippen LogP contribution >= 0.6 is 0 Å². The highest BCUT2D eigenvalue weighted by molar-refractivity contribution is 5.97. The third kappa shape index (κ3) is 2.43. The molecule has 0 saturated heterocycles. The lowest BCUT2D eigenvalue weighted by atomic mass is 10.0. The zero-order chi connectivity index (χ0) is 17.6. The van der Waals surface area contributed by atoms with Crippen molar-refractivity contribution >= 4 is 22.7 Å².